The van der Waals surface area contributed by atoms with Gasteiger partial charge in [-0.05, 0) is 32.4 Å². The number of nitrogens with zero attached hydrogens (tertiary/aromatic N) is 3. The van der Waals surface area contributed by atoms with Gasteiger partial charge in [0.25, 0.3) is 5.91 Å². The molecule has 0 aliphatic carbocycles. The molecule has 0 saturated heterocycles. The van der Waals surface area contributed by atoms with E-state index in [-0.39, 0.29) is 0 Å². The van der Waals surface area contributed by atoms with Gasteiger partial charge in [-0.2, -0.15) is 5.10 Å². The lowest BCUT2D eigenvalue weighted by Gasteiger charge is -2.06. The molecule has 0 unspecified atom stereocenters. The van der Waals surface area contributed by atoms with Crippen molar-refractivity contribution in [2.24, 2.45) is 5.73 Å². The molecule has 0 aromatic carbocycles. The number of amides is 1. The highest BCUT2D eigenvalue weighted by atomic mass is 16.1. The van der Waals surface area contributed by atoms with Gasteiger partial charge >= 0.3 is 0 Å². The molecule has 0 spiro atoms. The van der Waals surface area contributed by atoms with Gasteiger partial charge < -0.3 is 5.73 Å². The highest BCUT2D eigenvalue weighted by Gasteiger charge is 2.17. The first-order valence-corrected chi connectivity index (χ1v) is 6.31. The lowest BCUT2D eigenvalue weighted by atomic mass is 10.1. The van der Waals surface area contributed by atoms with Gasteiger partial charge in [0.2, 0.25) is 0 Å². The maximum Gasteiger partial charge on any atom is 0.269 e. The number of carbonyl (C=O) groups excluding carboxylic acids is 1. The summed E-state index contributed by atoms with van der Waals surface area (Å²) in [4.78, 5) is 15.8. The summed E-state index contributed by atoms with van der Waals surface area (Å²) < 4.78 is 1.82. The average Bonchev–Trinajstić information content (AvgIpc) is 2.66. The van der Waals surface area contributed by atoms with Crippen LogP contribution in [0, 0.1) is 13.8 Å². The smallest absolute Gasteiger partial charge is 0.269 e. The third-order valence-corrected chi connectivity index (χ3v) is 3.15. The number of hydrogen-bond donors (Lipinski definition) is 1. The van der Waals surface area contributed by atoms with Crippen molar-refractivity contribution in [2.45, 2.75) is 33.7 Å². The van der Waals surface area contributed by atoms with Crippen LogP contribution in [0.2, 0.25) is 0 Å². The van der Waals surface area contributed by atoms with E-state index < -0.39 is 5.91 Å². The van der Waals surface area contributed by atoms with E-state index in [9.17, 15) is 4.79 Å². The molecular weight excluding hydrogens is 240 g/mol. The number of nitrogens with two attached hydrogens (primary N) is 1. The van der Waals surface area contributed by atoms with Crippen molar-refractivity contribution >= 4 is 5.91 Å². The highest BCUT2D eigenvalue weighted by Crippen LogP contribution is 2.15. The first-order chi connectivity index (χ1) is 9.02. The van der Waals surface area contributed by atoms with Crippen molar-refractivity contribution in [2.75, 3.05) is 0 Å². The third-order valence-electron chi connectivity index (χ3n) is 3.15. The van der Waals surface area contributed by atoms with E-state index in [2.05, 4.69) is 10.1 Å². The minimum Gasteiger partial charge on any atom is -0.364 e. The largest absolute Gasteiger partial charge is 0.364 e. The zero-order valence-corrected chi connectivity index (χ0v) is 11.5. The van der Waals surface area contributed by atoms with Crippen molar-refractivity contribution in [1.29, 1.82) is 0 Å². The molecule has 0 bridgehead atoms. The minimum absolute atomic E-state index is 0.351. The van der Waals surface area contributed by atoms with Gasteiger partial charge in [-0.25, -0.2) is 0 Å². The maximum atomic E-state index is 11.3. The monoisotopic (exact) mass is 258 g/mol. The lowest BCUT2D eigenvalue weighted by Crippen LogP contribution is -2.14. The quantitative estimate of drug-likeness (QED) is 0.905. The van der Waals surface area contributed by atoms with E-state index in [1.165, 1.54) is 0 Å². The summed E-state index contributed by atoms with van der Waals surface area (Å²) in [6, 6.07) is 5.87. The van der Waals surface area contributed by atoms with Crippen LogP contribution in [0.15, 0.2) is 18.2 Å². The van der Waals surface area contributed by atoms with Crippen LogP contribution in [0.1, 0.15) is 40.1 Å². The molecule has 0 aliphatic rings. The predicted octanol–water partition coefficient (Wildman–Crippen LogP) is 1.60. The Morgan fingerprint density at radius 2 is 2.11 bits per heavy atom. The Balaban J connectivity index is 2.40. The van der Waals surface area contributed by atoms with Crippen molar-refractivity contribution in [1.82, 2.24) is 14.8 Å². The van der Waals surface area contributed by atoms with Gasteiger partial charge in [0.1, 0.15) is 0 Å². The second kappa shape index (κ2) is 5.22. The fourth-order valence-electron chi connectivity index (χ4n) is 2.24. The van der Waals surface area contributed by atoms with Crippen molar-refractivity contribution in [3.05, 3.63) is 46.5 Å². The number of primary amides is 1. The topological polar surface area (TPSA) is 73.8 Å². The van der Waals surface area contributed by atoms with Crippen LogP contribution < -0.4 is 5.73 Å². The summed E-state index contributed by atoms with van der Waals surface area (Å²) in [6.07, 6.45) is 0.804. The molecular formula is C14H18N4O. The maximum absolute atomic E-state index is 11.3. The van der Waals surface area contributed by atoms with E-state index in [0.29, 0.717) is 12.2 Å². The van der Waals surface area contributed by atoms with Gasteiger partial charge in [0, 0.05) is 17.0 Å². The molecule has 100 valence electrons. The van der Waals surface area contributed by atoms with Crippen LogP contribution in [0.25, 0.3) is 0 Å². The lowest BCUT2D eigenvalue weighted by molar-refractivity contribution is 0.0994. The Kier molecular flexibility index (Phi) is 3.64. The second-order valence-electron chi connectivity index (χ2n) is 4.57. The molecule has 2 aromatic heterocycles. The predicted molar refractivity (Wildman–Crippen MR) is 72.9 cm³/mol. The van der Waals surface area contributed by atoms with Crippen molar-refractivity contribution < 1.29 is 4.79 Å². The van der Waals surface area contributed by atoms with Crippen molar-refractivity contribution in [3.8, 4) is 0 Å². The van der Waals surface area contributed by atoms with E-state index >= 15 is 0 Å². The summed E-state index contributed by atoms with van der Waals surface area (Å²) >= 11 is 0. The van der Waals surface area contributed by atoms with E-state index in [4.69, 9.17) is 5.73 Å². The zero-order chi connectivity index (χ0) is 14.0. The fourth-order valence-corrected chi connectivity index (χ4v) is 2.24. The molecule has 2 N–H and O–H groups in total. The summed E-state index contributed by atoms with van der Waals surface area (Å²) in [5, 5.41) is 4.31. The Morgan fingerprint density at radius 1 is 1.37 bits per heavy atom. The summed E-state index contributed by atoms with van der Waals surface area (Å²) in [7, 11) is 0. The van der Waals surface area contributed by atoms with E-state index in [1.54, 1.807) is 0 Å². The molecule has 2 rings (SSSR count). The standard InChI is InChI=1S/C14H18N4O/c1-4-12-10(3)13(14(15)19)17-18(12)8-11-7-5-6-9(2)16-11/h5-7H,4,8H2,1-3H3,(H2,15,19). The Hall–Kier alpha value is -2.17. The Bertz CT molecular complexity index is 616. The van der Waals surface area contributed by atoms with Crippen LogP contribution in [-0.2, 0) is 13.0 Å². The number of aromatic nitrogens is 3. The van der Waals surface area contributed by atoms with Crippen LogP contribution in [-0.4, -0.2) is 20.7 Å². The minimum atomic E-state index is -0.483. The number of rotatable bonds is 4. The van der Waals surface area contributed by atoms with Crippen LogP contribution in [0.3, 0.4) is 0 Å². The summed E-state index contributed by atoms with van der Waals surface area (Å²) in [6.45, 7) is 6.42. The number of aryl methyl sites for hydroxylation is 1. The molecule has 2 aromatic rings. The first kappa shape index (κ1) is 13.3. The van der Waals surface area contributed by atoms with Gasteiger partial charge in [0.15, 0.2) is 5.69 Å². The van der Waals surface area contributed by atoms with Crippen molar-refractivity contribution in [3.63, 3.8) is 0 Å². The van der Waals surface area contributed by atoms with E-state index in [0.717, 1.165) is 29.1 Å². The first-order valence-electron chi connectivity index (χ1n) is 6.31. The molecule has 2 heterocycles. The van der Waals surface area contributed by atoms with Gasteiger partial charge in [0.05, 0.1) is 12.2 Å². The highest BCUT2D eigenvalue weighted by molar-refractivity contribution is 5.92. The van der Waals surface area contributed by atoms with Gasteiger partial charge in [-0.1, -0.05) is 13.0 Å². The normalized spacial score (nSPS) is 10.7. The molecule has 0 radical (unpaired) electrons. The molecule has 0 atom stereocenters. The summed E-state index contributed by atoms with van der Waals surface area (Å²) in [5.74, 6) is -0.483. The van der Waals surface area contributed by atoms with Gasteiger partial charge in [-0.3, -0.25) is 14.5 Å². The number of carbonyl (C=O) groups is 1. The van der Waals surface area contributed by atoms with Gasteiger partial charge in [-0.15, -0.1) is 0 Å². The number of pyridine rings is 1. The Morgan fingerprint density at radius 3 is 2.68 bits per heavy atom. The molecule has 0 aliphatic heterocycles. The molecule has 19 heavy (non-hydrogen) atoms. The van der Waals surface area contributed by atoms with Crippen LogP contribution in [0.4, 0.5) is 0 Å². The molecule has 1 amide bonds. The molecule has 5 nitrogen and oxygen atoms in total. The van der Waals surface area contributed by atoms with Crippen LogP contribution in [0.5, 0.6) is 0 Å². The average molecular weight is 258 g/mol. The van der Waals surface area contributed by atoms with Crippen LogP contribution >= 0.6 is 0 Å². The molecule has 5 heteroatoms. The Labute approximate surface area is 112 Å². The SMILES string of the molecule is CCc1c(C)c(C(N)=O)nn1Cc1cccc(C)n1. The fraction of sp³-hybridized carbons (Fsp3) is 0.357. The zero-order valence-electron chi connectivity index (χ0n) is 11.5. The third kappa shape index (κ3) is 2.65. The molecule has 0 saturated carbocycles. The molecule has 0 fully saturated rings. The summed E-state index contributed by atoms with van der Waals surface area (Å²) in [5.41, 5.74) is 9.47. The number of hydrogen-bond acceptors (Lipinski definition) is 3. The second-order valence-corrected chi connectivity index (χ2v) is 4.57. The van der Waals surface area contributed by atoms with E-state index in [1.807, 2.05) is 43.7 Å².